The first-order valence-corrected chi connectivity index (χ1v) is 4.72. The summed E-state index contributed by atoms with van der Waals surface area (Å²) in [7, 11) is 0. The lowest BCUT2D eigenvalue weighted by atomic mass is 10.3. The lowest BCUT2D eigenvalue weighted by Crippen LogP contribution is -2.43. The molecule has 1 aromatic heterocycles. The van der Waals surface area contributed by atoms with E-state index in [9.17, 15) is 0 Å². The molecule has 14 heavy (non-hydrogen) atoms. The molecule has 1 fully saturated rings. The van der Waals surface area contributed by atoms with Gasteiger partial charge in [0.25, 0.3) is 0 Å². The third-order valence-corrected chi connectivity index (χ3v) is 2.34. The maximum Gasteiger partial charge on any atom is 0.140 e. The number of nitriles is 1. The van der Waals surface area contributed by atoms with Crippen molar-refractivity contribution in [3.63, 3.8) is 0 Å². The van der Waals surface area contributed by atoms with Gasteiger partial charge in [0.1, 0.15) is 11.8 Å². The Morgan fingerprint density at radius 1 is 1.36 bits per heavy atom. The summed E-state index contributed by atoms with van der Waals surface area (Å²) < 4.78 is 0. The highest BCUT2D eigenvalue weighted by atomic mass is 15.2. The number of rotatable bonds is 1. The maximum atomic E-state index is 8.60. The molecule has 72 valence electrons. The van der Waals surface area contributed by atoms with Gasteiger partial charge in [-0.3, -0.25) is 0 Å². The molecule has 0 aromatic carbocycles. The van der Waals surface area contributed by atoms with Crippen LogP contribution in [-0.4, -0.2) is 31.2 Å². The van der Waals surface area contributed by atoms with Gasteiger partial charge in [-0.25, -0.2) is 4.98 Å². The number of piperazine rings is 1. The third kappa shape index (κ3) is 1.83. The molecule has 0 unspecified atom stereocenters. The van der Waals surface area contributed by atoms with Gasteiger partial charge >= 0.3 is 0 Å². The highest BCUT2D eigenvalue weighted by Crippen LogP contribution is 2.12. The molecule has 0 spiro atoms. The van der Waals surface area contributed by atoms with Crippen molar-refractivity contribution in [3.05, 3.63) is 24.0 Å². The van der Waals surface area contributed by atoms with E-state index in [1.807, 2.05) is 12.1 Å². The van der Waals surface area contributed by atoms with Crippen LogP contribution >= 0.6 is 0 Å². The van der Waals surface area contributed by atoms with Crippen molar-refractivity contribution < 1.29 is 0 Å². The molecule has 1 aromatic rings. The molecule has 0 bridgehead atoms. The summed E-state index contributed by atoms with van der Waals surface area (Å²) in [5.74, 6) is 0. The van der Waals surface area contributed by atoms with E-state index in [2.05, 4.69) is 15.2 Å². The first-order chi connectivity index (χ1) is 6.90. The molecule has 4 nitrogen and oxygen atoms in total. The summed E-state index contributed by atoms with van der Waals surface area (Å²) >= 11 is 0. The Bertz CT molecular complexity index is 332. The predicted molar refractivity (Wildman–Crippen MR) is 54.0 cm³/mol. The minimum Gasteiger partial charge on any atom is -0.368 e. The summed E-state index contributed by atoms with van der Waals surface area (Å²) in [5, 5.41) is 11.9. The van der Waals surface area contributed by atoms with Crippen molar-refractivity contribution in [2.24, 2.45) is 0 Å². The van der Waals surface area contributed by atoms with Crippen LogP contribution in [0.1, 0.15) is 5.69 Å². The summed E-state index contributed by atoms with van der Waals surface area (Å²) in [6, 6.07) is 5.73. The lowest BCUT2D eigenvalue weighted by molar-refractivity contribution is 0.588. The topological polar surface area (TPSA) is 52.0 Å². The van der Waals surface area contributed by atoms with E-state index >= 15 is 0 Å². The van der Waals surface area contributed by atoms with Gasteiger partial charge in [0, 0.05) is 26.2 Å². The SMILES string of the molecule is N#Cc1ccc(N2CCNCC2)cn1. The average Bonchev–Trinajstić information content (AvgIpc) is 2.30. The van der Waals surface area contributed by atoms with Crippen LogP contribution in [0.5, 0.6) is 0 Å². The van der Waals surface area contributed by atoms with Gasteiger partial charge in [-0.2, -0.15) is 5.26 Å². The van der Waals surface area contributed by atoms with E-state index in [0.29, 0.717) is 5.69 Å². The fraction of sp³-hybridized carbons (Fsp3) is 0.400. The number of nitrogens with one attached hydrogen (secondary N) is 1. The second kappa shape index (κ2) is 4.07. The second-order valence-electron chi connectivity index (χ2n) is 3.25. The van der Waals surface area contributed by atoms with Gasteiger partial charge in [0.2, 0.25) is 0 Å². The molecule has 0 aliphatic carbocycles. The summed E-state index contributed by atoms with van der Waals surface area (Å²) in [5.41, 5.74) is 1.58. The highest BCUT2D eigenvalue weighted by molar-refractivity contribution is 5.46. The molecule has 1 aliphatic heterocycles. The fourth-order valence-corrected chi connectivity index (χ4v) is 1.56. The quantitative estimate of drug-likeness (QED) is 0.691. The summed E-state index contributed by atoms with van der Waals surface area (Å²) in [4.78, 5) is 6.32. The first-order valence-electron chi connectivity index (χ1n) is 4.72. The molecule has 1 N–H and O–H groups in total. The lowest BCUT2D eigenvalue weighted by Gasteiger charge is -2.28. The van der Waals surface area contributed by atoms with Gasteiger partial charge in [0.05, 0.1) is 11.9 Å². The molecule has 0 saturated carbocycles. The molecule has 0 amide bonds. The van der Waals surface area contributed by atoms with Crippen LogP contribution in [0.15, 0.2) is 18.3 Å². The zero-order valence-electron chi connectivity index (χ0n) is 7.90. The molecule has 2 heterocycles. The Balaban J connectivity index is 2.12. The van der Waals surface area contributed by atoms with Gasteiger partial charge in [-0.1, -0.05) is 0 Å². The van der Waals surface area contributed by atoms with Gasteiger partial charge < -0.3 is 10.2 Å². The normalized spacial score (nSPS) is 16.4. The van der Waals surface area contributed by atoms with E-state index in [1.165, 1.54) is 0 Å². The fourth-order valence-electron chi connectivity index (χ4n) is 1.56. The number of hydrogen-bond acceptors (Lipinski definition) is 4. The third-order valence-electron chi connectivity index (χ3n) is 2.34. The van der Waals surface area contributed by atoms with Crippen molar-refractivity contribution in [2.75, 3.05) is 31.1 Å². The van der Waals surface area contributed by atoms with Crippen LogP contribution < -0.4 is 10.2 Å². The standard InChI is InChI=1S/C10H12N4/c11-7-9-1-2-10(8-13-9)14-5-3-12-4-6-14/h1-2,8,12H,3-6H2. The zero-order chi connectivity index (χ0) is 9.80. The Morgan fingerprint density at radius 2 is 2.14 bits per heavy atom. The molecule has 4 heteroatoms. The second-order valence-corrected chi connectivity index (χ2v) is 3.25. The van der Waals surface area contributed by atoms with Crippen LogP contribution in [-0.2, 0) is 0 Å². The van der Waals surface area contributed by atoms with Crippen LogP contribution in [0.25, 0.3) is 0 Å². The van der Waals surface area contributed by atoms with Gasteiger partial charge in [-0.05, 0) is 12.1 Å². The van der Waals surface area contributed by atoms with E-state index < -0.39 is 0 Å². The number of hydrogen-bond donors (Lipinski definition) is 1. The molecule has 1 aliphatic rings. The summed E-state index contributed by atoms with van der Waals surface area (Å²) in [6.07, 6.45) is 1.77. The van der Waals surface area contributed by atoms with Crippen molar-refractivity contribution in [3.8, 4) is 6.07 Å². The Labute approximate surface area is 83.2 Å². The zero-order valence-corrected chi connectivity index (χ0v) is 7.90. The molecule has 1 saturated heterocycles. The minimum absolute atomic E-state index is 0.476. The van der Waals surface area contributed by atoms with Crippen LogP contribution in [0.4, 0.5) is 5.69 Å². The smallest absolute Gasteiger partial charge is 0.140 e. The Morgan fingerprint density at radius 3 is 2.71 bits per heavy atom. The number of pyridine rings is 1. The molecule has 2 rings (SSSR count). The van der Waals surface area contributed by atoms with Gasteiger partial charge in [-0.15, -0.1) is 0 Å². The molecule has 0 radical (unpaired) electrons. The average molecular weight is 188 g/mol. The van der Waals surface area contributed by atoms with Crippen molar-refractivity contribution in [1.29, 1.82) is 5.26 Å². The predicted octanol–water partition coefficient (Wildman–Crippen LogP) is 0.363. The van der Waals surface area contributed by atoms with E-state index in [4.69, 9.17) is 5.26 Å². The molecular weight excluding hydrogens is 176 g/mol. The van der Waals surface area contributed by atoms with Crippen molar-refractivity contribution in [2.45, 2.75) is 0 Å². The molecule has 0 atom stereocenters. The number of nitrogens with zero attached hydrogens (tertiary/aromatic N) is 3. The van der Waals surface area contributed by atoms with E-state index in [1.54, 1.807) is 12.3 Å². The Hall–Kier alpha value is -1.60. The van der Waals surface area contributed by atoms with E-state index in [0.717, 1.165) is 31.9 Å². The number of anilines is 1. The first kappa shape index (κ1) is 8.97. The molecular formula is C10H12N4. The van der Waals surface area contributed by atoms with Gasteiger partial charge in [0.15, 0.2) is 0 Å². The highest BCUT2D eigenvalue weighted by Gasteiger charge is 2.09. The maximum absolute atomic E-state index is 8.60. The monoisotopic (exact) mass is 188 g/mol. The van der Waals surface area contributed by atoms with Crippen LogP contribution in [0, 0.1) is 11.3 Å². The largest absolute Gasteiger partial charge is 0.368 e. The van der Waals surface area contributed by atoms with E-state index in [-0.39, 0.29) is 0 Å². The minimum atomic E-state index is 0.476. The van der Waals surface area contributed by atoms with Crippen LogP contribution in [0.3, 0.4) is 0 Å². The summed E-state index contributed by atoms with van der Waals surface area (Å²) in [6.45, 7) is 4.04. The van der Waals surface area contributed by atoms with Crippen LogP contribution in [0.2, 0.25) is 0 Å². The van der Waals surface area contributed by atoms with Crippen molar-refractivity contribution in [1.82, 2.24) is 10.3 Å². The van der Waals surface area contributed by atoms with Crippen molar-refractivity contribution >= 4 is 5.69 Å². The Kier molecular flexibility index (Phi) is 2.61. The number of aromatic nitrogens is 1.